The summed E-state index contributed by atoms with van der Waals surface area (Å²) in [7, 11) is 0. The fourth-order valence-electron chi connectivity index (χ4n) is 3.31. The van der Waals surface area contributed by atoms with Crippen LogP contribution in [0.25, 0.3) is 0 Å². The second kappa shape index (κ2) is 7.36. The molecule has 0 bridgehead atoms. The van der Waals surface area contributed by atoms with Gasteiger partial charge in [0.25, 0.3) is 0 Å². The summed E-state index contributed by atoms with van der Waals surface area (Å²) >= 11 is 0. The molecular weight excluding hydrogens is 300 g/mol. The fraction of sp³-hybridized carbons (Fsp3) is 0.520. The van der Waals surface area contributed by atoms with Crippen LogP contribution in [0, 0.1) is 13.8 Å². The highest BCUT2D eigenvalue weighted by atomic mass is 14.3. The first-order valence-corrected chi connectivity index (χ1v) is 9.80. The molecule has 136 valence electrons. The van der Waals surface area contributed by atoms with Gasteiger partial charge in [-0.3, -0.25) is 0 Å². The molecule has 0 radical (unpaired) electrons. The molecule has 0 aliphatic carbocycles. The van der Waals surface area contributed by atoms with Crippen LogP contribution in [0.15, 0.2) is 36.4 Å². The molecule has 0 heterocycles. The summed E-state index contributed by atoms with van der Waals surface area (Å²) in [6.07, 6.45) is 3.34. The van der Waals surface area contributed by atoms with Crippen molar-refractivity contribution in [3.8, 4) is 0 Å². The van der Waals surface area contributed by atoms with E-state index in [0.29, 0.717) is 0 Å². The first-order chi connectivity index (χ1) is 11.6. The van der Waals surface area contributed by atoms with Crippen LogP contribution < -0.4 is 0 Å². The molecule has 0 saturated carbocycles. The number of rotatable bonds is 6. The molecule has 2 rings (SSSR count). The van der Waals surface area contributed by atoms with Crippen molar-refractivity contribution in [3.05, 3.63) is 69.8 Å². The zero-order valence-electron chi connectivity index (χ0n) is 17.6. The van der Waals surface area contributed by atoms with E-state index in [1.54, 1.807) is 0 Å². The zero-order valence-corrected chi connectivity index (χ0v) is 17.6. The second-order valence-corrected chi connectivity index (χ2v) is 8.94. The number of aryl methyl sites for hydroxylation is 2. The Morgan fingerprint density at radius 1 is 0.720 bits per heavy atom. The summed E-state index contributed by atoms with van der Waals surface area (Å²) in [5.74, 6) is 0. The molecule has 2 aromatic carbocycles. The highest BCUT2D eigenvalue weighted by molar-refractivity contribution is 5.43. The highest BCUT2D eigenvalue weighted by Crippen LogP contribution is 2.36. The lowest BCUT2D eigenvalue weighted by Gasteiger charge is -2.31. The van der Waals surface area contributed by atoms with Crippen molar-refractivity contribution in [2.45, 2.75) is 85.5 Å². The highest BCUT2D eigenvalue weighted by Gasteiger charge is 2.25. The Bertz CT molecular complexity index is 732. The maximum atomic E-state index is 2.49. The lowest BCUT2D eigenvalue weighted by molar-refractivity contribution is 0.486. The van der Waals surface area contributed by atoms with Gasteiger partial charge >= 0.3 is 0 Å². The average Bonchev–Trinajstić information content (AvgIpc) is 2.58. The summed E-state index contributed by atoms with van der Waals surface area (Å²) in [5.41, 5.74) is 9.08. The maximum Gasteiger partial charge on any atom is -0.00227 e. The molecule has 0 spiro atoms. The van der Waals surface area contributed by atoms with Gasteiger partial charge in [-0.2, -0.15) is 0 Å². The number of hydrogen-bond acceptors (Lipinski definition) is 0. The van der Waals surface area contributed by atoms with E-state index in [1.165, 1.54) is 33.4 Å². The van der Waals surface area contributed by atoms with Crippen molar-refractivity contribution in [1.82, 2.24) is 0 Å². The smallest absolute Gasteiger partial charge is 0.00227 e. The summed E-state index contributed by atoms with van der Waals surface area (Å²) in [4.78, 5) is 0. The fourth-order valence-corrected chi connectivity index (χ4v) is 3.31. The van der Waals surface area contributed by atoms with Gasteiger partial charge in [0.05, 0.1) is 0 Å². The number of benzene rings is 2. The predicted molar refractivity (Wildman–Crippen MR) is 112 cm³/mol. The van der Waals surface area contributed by atoms with Crippen LogP contribution in [0.4, 0.5) is 0 Å². The van der Waals surface area contributed by atoms with Crippen LogP contribution >= 0.6 is 0 Å². The Morgan fingerprint density at radius 2 is 1.36 bits per heavy atom. The maximum absolute atomic E-state index is 2.49. The number of hydrogen-bond donors (Lipinski definition) is 0. The molecule has 0 atom stereocenters. The second-order valence-electron chi connectivity index (χ2n) is 8.94. The Labute approximate surface area is 155 Å². The van der Waals surface area contributed by atoms with Crippen molar-refractivity contribution in [2.24, 2.45) is 0 Å². The van der Waals surface area contributed by atoms with E-state index in [0.717, 1.165) is 19.3 Å². The summed E-state index contributed by atoms with van der Waals surface area (Å²) < 4.78 is 0. The van der Waals surface area contributed by atoms with Gasteiger partial charge in [0.15, 0.2) is 0 Å². The Balaban J connectivity index is 2.51. The molecule has 0 aromatic heterocycles. The third kappa shape index (κ3) is 4.35. The third-order valence-electron chi connectivity index (χ3n) is 6.35. The Kier molecular flexibility index (Phi) is 5.82. The molecule has 0 fully saturated rings. The van der Waals surface area contributed by atoms with Crippen molar-refractivity contribution in [3.63, 3.8) is 0 Å². The van der Waals surface area contributed by atoms with Gasteiger partial charge < -0.3 is 0 Å². The Hall–Kier alpha value is -1.56. The van der Waals surface area contributed by atoms with Crippen LogP contribution in [0.1, 0.15) is 87.8 Å². The molecule has 0 nitrogen and oxygen atoms in total. The first kappa shape index (κ1) is 19.8. The van der Waals surface area contributed by atoms with Gasteiger partial charge in [-0.25, -0.2) is 0 Å². The lowest BCUT2D eigenvalue weighted by Crippen LogP contribution is -2.22. The average molecular weight is 337 g/mol. The van der Waals surface area contributed by atoms with E-state index >= 15 is 0 Å². The molecule has 0 unspecified atom stereocenters. The van der Waals surface area contributed by atoms with Crippen LogP contribution in [0.5, 0.6) is 0 Å². The molecule has 0 heteroatoms. The normalized spacial score (nSPS) is 12.5. The molecular formula is C25H36. The van der Waals surface area contributed by atoms with Gasteiger partial charge in [-0.15, -0.1) is 0 Å². The van der Waals surface area contributed by atoms with Crippen molar-refractivity contribution in [2.75, 3.05) is 0 Å². The minimum Gasteiger partial charge on any atom is -0.0646 e. The van der Waals surface area contributed by atoms with Gasteiger partial charge in [0.1, 0.15) is 0 Å². The largest absolute Gasteiger partial charge is 0.0646 e. The van der Waals surface area contributed by atoms with Gasteiger partial charge in [0.2, 0.25) is 0 Å². The molecule has 2 aromatic rings. The summed E-state index contributed by atoms with van der Waals surface area (Å²) in [6, 6.07) is 14.1. The van der Waals surface area contributed by atoms with E-state index in [4.69, 9.17) is 0 Å². The van der Waals surface area contributed by atoms with Crippen LogP contribution in [0.3, 0.4) is 0 Å². The predicted octanol–water partition coefficient (Wildman–Crippen LogP) is 7.27. The van der Waals surface area contributed by atoms with Gasteiger partial charge in [-0.05, 0) is 77.3 Å². The van der Waals surface area contributed by atoms with Gasteiger partial charge in [0, 0.05) is 0 Å². The molecule has 0 aliphatic heterocycles. The summed E-state index contributed by atoms with van der Waals surface area (Å²) in [5, 5.41) is 0. The van der Waals surface area contributed by atoms with E-state index in [2.05, 4.69) is 91.8 Å². The van der Waals surface area contributed by atoms with E-state index in [9.17, 15) is 0 Å². The zero-order chi connectivity index (χ0) is 18.8. The monoisotopic (exact) mass is 336 g/mol. The van der Waals surface area contributed by atoms with E-state index in [1.807, 2.05) is 0 Å². The van der Waals surface area contributed by atoms with Crippen molar-refractivity contribution in [1.29, 1.82) is 0 Å². The minimum atomic E-state index is 0.203. The minimum absolute atomic E-state index is 0.203. The molecule has 25 heavy (non-hydrogen) atoms. The Morgan fingerprint density at radius 3 is 1.92 bits per heavy atom. The van der Waals surface area contributed by atoms with Crippen molar-refractivity contribution >= 4 is 0 Å². The molecule has 0 amide bonds. The van der Waals surface area contributed by atoms with Gasteiger partial charge in [-0.1, -0.05) is 77.9 Å². The summed E-state index contributed by atoms with van der Waals surface area (Å²) in [6.45, 7) is 18.5. The quantitative estimate of drug-likeness (QED) is 0.520. The lowest BCUT2D eigenvalue weighted by atomic mass is 9.74. The van der Waals surface area contributed by atoms with Crippen LogP contribution in [0.2, 0.25) is 0 Å². The molecule has 0 saturated heterocycles. The van der Waals surface area contributed by atoms with Crippen LogP contribution in [-0.2, 0) is 17.3 Å². The molecule has 0 N–H and O–H groups in total. The third-order valence-corrected chi connectivity index (χ3v) is 6.35. The topological polar surface area (TPSA) is 0 Å². The van der Waals surface area contributed by atoms with Crippen molar-refractivity contribution < 1.29 is 0 Å². The van der Waals surface area contributed by atoms with Crippen LogP contribution in [-0.4, -0.2) is 0 Å². The SMILES string of the molecule is CCC(C)(C)c1ccc(Cc2ccc(C)c(C)c2)c(C(C)(C)CC)c1. The standard InChI is InChI=1S/C25H36/c1-9-24(5,6)22-14-13-21(23(17-22)25(7,8)10-2)16-20-12-11-18(3)19(4)15-20/h11-15,17H,9-10,16H2,1-8H3. The van der Waals surface area contributed by atoms with E-state index < -0.39 is 0 Å². The molecule has 0 aliphatic rings. The van der Waals surface area contributed by atoms with E-state index in [-0.39, 0.29) is 10.8 Å². The first-order valence-electron chi connectivity index (χ1n) is 9.80.